The maximum absolute atomic E-state index is 13.5. The lowest BCUT2D eigenvalue weighted by atomic mass is 9.88. The van der Waals surface area contributed by atoms with Gasteiger partial charge < -0.3 is 4.74 Å². The average molecular weight is 568 g/mol. The highest BCUT2D eigenvalue weighted by Gasteiger charge is 2.93. The van der Waals surface area contributed by atoms with E-state index in [1.165, 1.54) is 0 Å². The molecule has 35 heavy (non-hydrogen) atoms. The topological polar surface area (TPSA) is 26.3 Å². The third kappa shape index (κ3) is 5.08. The highest BCUT2D eigenvalue weighted by atomic mass is 19.4. The van der Waals surface area contributed by atoms with Gasteiger partial charge in [0.15, 0.2) is 0 Å². The monoisotopic (exact) mass is 568 g/mol. The molecule has 0 saturated heterocycles. The summed E-state index contributed by atoms with van der Waals surface area (Å²) < 4.78 is 249. The van der Waals surface area contributed by atoms with Gasteiger partial charge in [0.05, 0.1) is 13.0 Å². The molecule has 0 radical (unpaired) electrons. The van der Waals surface area contributed by atoms with Crippen molar-refractivity contribution in [3.05, 3.63) is 12.2 Å². The summed E-state index contributed by atoms with van der Waals surface area (Å²) in [5.74, 6) is -58.8. The van der Waals surface area contributed by atoms with Crippen LogP contribution in [0.3, 0.4) is 0 Å². The molecule has 0 fully saturated rings. The molecule has 0 N–H and O–H groups in total. The van der Waals surface area contributed by atoms with Gasteiger partial charge >= 0.3 is 60.0 Å². The number of carbonyl (C=O) groups is 1. The normalized spacial score (nSPS) is 15.4. The summed E-state index contributed by atoms with van der Waals surface area (Å²) in [6.45, 7) is -0.430. The molecule has 0 rings (SSSR count). The molecule has 0 aliphatic heterocycles. The van der Waals surface area contributed by atoms with Gasteiger partial charge in [0.2, 0.25) is 0 Å². The Balaban J connectivity index is 6.15. The number of halogens is 19. The molecule has 0 atom stereocenters. The molecule has 0 aromatic carbocycles. The lowest BCUT2D eigenvalue weighted by Crippen LogP contribution is -2.73. The van der Waals surface area contributed by atoms with Gasteiger partial charge in [-0.25, -0.2) is 13.6 Å². The largest absolute Gasteiger partial charge is 0.462 e. The summed E-state index contributed by atoms with van der Waals surface area (Å²) in [6.07, 6.45) is -14.7. The summed E-state index contributed by atoms with van der Waals surface area (Å²) in [7, 11) is 0. The van der Waals surface area contributed by atoms with E-state index in [1.54, 1.807) is 0 Å². The van der Waals surface area contributed by atoms with Crippen LogP contribution in [-0.2, 0) is 9.53 Å². The molecule has 0 aliphatic rings. The van der Waals surface area contributed by atoms with Crippen molar-refractivity contribution in [2.45, 2.75) is 60.5 Å². The summed E-state index contributed by atoms with van der Waals surface area (Å²) in [6, 6.07) is 0. The first kappa shape index (κ1) is 32.9. The van der Waals surface area contributed by atoms with Crippen molar-refractivity contribution in [1.29, 1.82) is 0 Å². The van der Waals surface area contributed by atoms with Crippen LogP contribution in [0.5, 0.6) is 0 Å². The molecule has 0 unspecified atom stereocenters. The Morgan fingerprint density at radius 1 is 0.629 bits per heavy atom. The molecule has 0 aromatic rings. The van der Waals surface area contributed by atoms with E-state index in [9.17, 15) is 88.2 Å². The van der Waals surface area contributed by atoms with E-state index in [2.05, 4.69) is 4.74 Å². The molecular formula is C14H7F19O2. The molecule has 0 heterocycles. The van der Waals surface area contributed by atoms with Gasteiger partial charge in [0.1, 0.15) is 5.57 Å². The van der Waals surface area contributed by atoms with Crippen molar-refractivity contribution in [3.63, 3.8) is 0 Å². The minimum atomic E-state index is -8.60. The summed E-state index contributed by atoms with van der Waals surface area (Å²) >= 11 is 0. The minimum Gasteiger partial charge on any atom is -0.462 e. The van der Waals surface area contributed by atoms with E-state index in [0.717, 1.165) is 0 Å². The molecule has 0 amide bonds. The van der Waals surface area contributed by atoms with Gasteiger partial charge in [-0.3, -0.25) is 0 Å². The SMILES string of the molecule is C=C(C(=O)OCCC(F)(F)C(F)(F)C(F)(F)C(F)(F)C(F)(F)C(F)(F)C(F)(F)C(F)F)C(F)(F)F. The fraction of sp³-hybridized carbons (Fsp3) is 0.786. The van der Waals surface area contributed by atoms with Crippen molar-refractivity contribution < 1.29 is 92.9 Å². The second-order valence-corrected chi connectivity index (χ2v) is 6.36. The van der Waals surface area contributed by atoms with E-state index in [4.69, 9.17) is 0 Å². The van der Waals surface area contributed by atoms with E-state index in [-0.39, 0.29) is 0 Å². The molecule has 0 spiro atoms. The smallest absolute Gasteiger partial charge is 0.422 e. The van der Waals surface area contributed by atoms with Crippen LogP contribution < -0.4 is 0 Å². The fourth-order valence-corrected chi connectivity index (χ4v) is 1.80. The fourth-order valence-electron chi connectivity index (χ4n) is 1.80. The first-order valence-corrected chi connectivity index (χ1v) is 7.84. The van der Waals surface area contributed by atoms with E-state index in [1.807, 2.05) is 6.58 Å². The standard InChI is InChI=1S/C14H7F19O2/c1-4(9(21,22)23)5(34)35-3-2-7(17,18)10(24,25)12(28,29)14(32,33)13(30,31)11(26,27)8(19,20)6(15)16/h6H,1-3H2. The number of carbonyl (C=O) groups excluding carboxylic acids is 1. The number of alkyl halides is 19. The van der Waals surface area contributed by atoms with Crippen LogP contribution >= 0.6 is 0 Å². The highest BCUT2D eigenvalue weighted by molar-refractivity contribution is 5.89. The Kier molecular flexibility index (Phi) is 8.52. The Labute approximate surface area is 179 Å². The van der Waals surface area contributed by atoms with Crippen molar-refractivity contribution >= 4 is 5.97 Å². The van der Waals surface area contributed by atoms with Crippen LogP contribution in [0.2, 0.25) is 0 Å². The Bertz CT molecular complexity index is 794. The third-order valence-electron chi connectivity index (χ3n) is 3.97. The number of hydrogen-bond acceptors (Lipinski definition) is 2. The van der Waals surface area contributed by atoms with E-state index < -0.39 is 78.6 Å². The van der Waals surface area contributed by atoms with Crippen molar-refractivity contribution in [2.75, 3.05) is 6.61 Å². The third-order valence-corrected chi connectivity index (χ3v) is 3.97. The molecule has 21 heteroatoms. The second kappa shape index (κ2) is 9.07. The van der Waals surface area contributed by atoms with Crippen LogP contribution in [0.1, 0.15) is 6.42 Å². The maximum Gasteiger partial charge on any atom is 0.422 e. The van der Waals surface area contributed by atoms with Crippen LogP contribution in [0.15, 0.2) is 12.2 Å². The van der Waals surface area contributed by atoms with Gasteiger partial charge in [-0.2, -0.15) is 74.6 Å². The number of hydrogen-bond donors (Lipinski definition) is 0. The first-order valence-electron chi connectivity index (χ1n) is 7.84. The highest BCUT2D eigenvalue weighted by Crippen LogP contribution is 2.63. The number of ether oxygens (including phenoxy) is 1. The summed E-state index contributed by atoms with van der Waals surface area (Å²) in [5.41, 5.74) is -2.48. The van der Waals surface area contributed by atoms with Crippen LogP contribution in [0.25, 0.3) is 0 Å². The van der Waals surface area contributed by atoms with Gasteiger partial charge in [-0.1, -0.05) is 6.58 Å². The van der Waals surface area contributed by atoms with E-state index in [0.29, 0.717) is 0 Å². The first-order chi connectivity index (χ1) is 15.0. The molecule has 0 bridgehead atoms. The molecule has 208 valence electrons. The number of esters is 1. The molecule has 0 aromatic heterocycles. The van der Waals surface area contributed by atoms with Crippen molar-refractivity contribution in [3.8, 4) is 0 Å². The van der Waals surface area contributed by atoms with Gasteiger partial charge in [0, 0.05) is 0 Å². The zero-order valence-corrected chi connectivity index (χ0v) is 15.7. The number of rotatable bonds is 11. The second-order valence-electron chi connectivity index (χ2n) is 6.36. The molecule has 0 aliphatic carbocycles. The zero-order chi connectivity index (χ0) is 28.9. The Hall–Kier alpha value is -2.12. The average Bonchev–Trinajstić information content (AvgIpc) is 2.65. The van der Waals surface area contributed by atoms with Crippen LogP contribution in [-0.4, -0.2) is 66.6 Å². The predicted molar refractivity (Wildman–Crippen MR) is 71.4 cm³/mol. The van der Waals surface area contributed by atoms with Crippen LogP contribution in [0, 0.1) is 0 Å². The van der Waals surface area contributed by atoms with E-state index >= 15 is 0 Å². The quantitative estimate of drug-likeness (QED) is 0.157. The van der Waals surface area contributed by atoms with Gasteiger partial charge in [0.25, 0.3) is 0 Å². The Morgan fingerprint density at radius 3 is 1.31 bits per heavy atom. The molecular weight excluding hydrogens is 561 g/mol. The van der Waals surface area contributed by atoms with Gasteiger partial charge in [-0.05, 0) is 0 Å². The molecule has 2 nitrogen and oxygen atoms in total. The van der Waals surface area contributed by atoms with Crippen molar-refractivity contribution in [2.24, 2.45) is 0 Å². The van der Waals surface area contributed by atoms with Crippen LogP contribution in [0.4, 0.5) is 83.4 Å². The lowest BCUT2D eigenvalue weighted by Gasteiger charge is -2.42. The minimum absolute atomic E-state index is 2.02. The van der Waals surface area contributed by atoms with Gasteiger partial charge in [-0.15, -0.1) is 0 Å². The molecule has 0 saturated carbocycles. The Morgan fingerprint density at radius 2 is 0.971 bits per heavy atom. The lowest BCUT2D eigenvalue weighted by molar-refractivity contribution is -0.447. The predicted octanol–water partition coefficient (Wildman–Crippen LogP) is 6.75. The zero-order valence-electron chi connectivity index (χ0n) is 15.7. The summed E-state index contributed by atoms with van der Waals surface area (Å²) in [5, 5.41) is 0. The maximum atomic E-state index is 13.5. The summed E-state index contributed by atoms with van der Waals surface area (Å²) in [4.78, 5) is 10.8. The van der Waals surface area contributed by atoms with Crippen molar-refractivity contribution in [1.82, 2.24) is 0 Å².